The van der Waals surface area contributed by atoms with Gasteiger partial charge in [0.2, 0.25) is 0 Å². The summed E-state index contributed by atoms with van der Waals surface area (Å²) >= 11 is 7.80. The maximum Gasteiger partial charge on any atom is 0.161 e. The Morgan fingerprint density at radius 1 is 1.41 bits per heavy atom. The zero-order chi connectivity index (χ0) is 12.4. The fourth-order valence-corrected chi connectivity index (χ4v) is 3.25. The van der Waals surface area contributed by atoms with Crippen molar-refractivity contribution >= 4 is 34.2 Å². The van der Waals surface area contributed by atoms with Crippen LogP contribution in [0.3, 0.4) is 0 Å². The van der Waals surface area contributed by atoms with E-state index in [1.165, 1.54) is 5.56 Å². The molecule has 1 N–H and O–H groups in total. The quantitative estimate of drug-likeness (QED) is 0.820. The lowest BCUT2D eigenvalue weighted by atomic mass is 10.2. The van der Waals surface area contributed by atoms with Gasteiger partial charge in [-0.2, -0.15) is 0 Å². The highest BCUT2D eigenvalue weighted by Gasteiger charge is 2.18. The van der Waals surface area contributed by atoms with Gasteiger partial charge < -0.3 is 5.32 Å². The van der Waals surface area contributed by atoms with Crippen LogP contribution in [-0.2, 0) is 0 Å². The van der Waals surface area contributed by atoms with Crippen LogP contribution in [0.2, 0.25) is 5.02 Å². The Bertz CT molecular complexity index is 445. The first kappa shape index (κ1) is 12.8. The maximum atomic E-state index is 6.01. The molecule has 0 spiro atoms. The van der Waals surface area contributed by atoms with Crippen LogP contribution in [0.25, 0.3) is 0 Å². The van der Waals surface area contributed by atoms with Crippen molar-refractivity contribution in [1.82, 2.24) is 0 Å². The van der Waals surface area contributed by atoms with E-state index in [1.54, 1.807) is 11.8 Å². The third-order valence-corrected chi connectivity index (χ3v) is 4.03. The number of hydrogen-bond donors (Lipinski definition) is 1. The monoisotopic (exact) mass is 268 g/mol. The molecule has 0 amide bonds. The van der Waals surface area contributed by atoms with E-state index in [0.717, 1.165) is 22.3 Å². The summed E-state index contributed by atoms with van der Waals surface area (Å²) in [5, 5.41) is 5.75. The average Bonchev–Trinajstić information content (AvgIpc) is 2.22. The molecule has 2 unspecified atom stereocenters. The summed E-state index contributed by atoms with van der Waals surface area (Å²) in [6.07, 6.45) is 1.14. The lowest BCUT2D eigenvalue weighted by molar-refractivity contribution is 0.661. The van der Waals surface area contributed by atoms with Gasteiger partial charge in [-0.25, -0.2) is 0 Å². The van der Waals surface area contributed by atoms with Crippen LogP contribution in [0.4, 0.5) is 5.69 Å². The van der Waals surface area contributed by atoms with Gasteiger partial charge in [-0.05, 0) is 38.0 Å². The van der Waals surface area contributed by atoms with E-state index in [2.05, 4.69) is 31.1 Å². The maximum absolute atomic E-state index is 6.01. The molecular weight excluding hydrogens is 252 g/mol. The highest BCUT2D eigenvalue weighted by Crippen LogP contribution is 2.28. The standard InChI is InChI=1S/C13H17ClN2S/c1-8-4-5-11(14)7-12(8)16-13-15-9(2)6-10(3)17-13/h4-5,7,9-10H,6H2,1-3H3,(H,15,16). The number of aryl methyl sites for hydroxylation is 1. The zero-order valence-corrected chi connectivity index (χ0v) is 11.9. The largest absolute Gasteiger partial charge is 0.335 e. The number of benzene rings is 1. The lowest BCUT2D eigenvalue weighted by Gasteiger charge is -2.23. The van der Waals surface area contributed by atoms with E-state index in [-0.39, 0.29) is 0 Å². The molecule has 0 radical (unpaired) electrons. The second-order valence-electron chi connectivity index (χ2n) is 4.53. The first-order valence-corrected chi connectivity index (χ1v) is 7.08. The SMILES string of the molecule is Cc1ccc(Cl)cc1NC1=NC(C)CC(C)S1. The van der Waals surface area contributed by atoms with Gasteiger partial charge in [-0.3, -0.25) is 4.99 Å². The molecule has 92 valence electrons. The number of rotatable bonds is 1. The predicted octanol–water partition coefficient (Wildman–Crippen LogP) is 4.33. The number of aliphatic imine (C=N–C) groups is 1. The minimum Gasteiger partial charge on any atom is -0.335 e. The fourth-order valence-electron chi connectivity index (χ4n) is 1.91. The average molecular weight is 269 g/mol. The zero-order valence-electron chi connectivity index (χ0n) is 10.3. The number of thioether (sulfide) groups is 1. The van der Waals surface area contributed by atoms with E-state index in [9.17, 15) is 0 Å². The van der Waals surface area contributed by atoms with Crippen LogP contribution >= 0.6 is 23.4 Å². The summed E-state index contributed by atoms with van der Waals surface area (Å²) in [6, 6.07) is 6.27. The molecule has 0 bridgehead atoms. The molecule has 1 aromatic rings. The first-order valence-electron chi connectivity index (χ1n) is 5.82. The molecule has 0 saturated heterocycles. The summed E-state index contributed by atoms with van der Waals surface area (Å²) in [6.45, 7) is 6.46. The Morgan fingerprint density at radius 3 is 2.88 bits per heavy atom. The second kappa shape index (κ2) is 5.32. The first-order chi connectivity index (χ1) is 8.04. The molecule has 1 aromatic carbocycles. The molecule has 17 heavy (non-hydrogen) atoms. The van der Waals surface area contributed by atoms with Crippen molar-refractivity contribution in [3.63, 3.8) is 0 Å². The second-order valence-corrected chi connectivity index (χ2v) is 6.40. The summed E-state index contributed by atoms with van der Waals surface area (Å²) < 4.78 is 0. The van der Waals surface area contributed by atoms with Crippen molar-refractivity contribution in [2.45, 2.75) is 38.5 Å². The van der Waals surface area contributed by atoms with E-state index < -0.39 is 0 Å². The highest BCUT2D eigenvalue weighted by molar-refractivity contribution is 8.14. The number of nitrogens with one attached hydrogen (secondary N) is 1. The number of hydrogen-bond acceptors (Lipinski definition) is 3. The van der Waals surface area contributed by atoms with Crippen LogP contribution in [0, 0.1) is 6.92 Å². The van der Waals surface area contributed by atoms with Gasteiger partial charge in [0.15, 0.2) is 5.17 Å². The molecular formula is C13H17ClN2S. The molecule has 1 heterocycles. The van der Waals surface area contributed by atoms with Gasteiger partial charge >= 0.3 is 0 Å². The minimum atomic E-state index is 0.397. The Hall–Kier alpha value is -0.670. The van der Waals surface area contributed by atoms with Crippen molar-refractivity contribution in [2.75, 3.05) is 5.32 Å². The molecule has 4 heteroatoms. The summed E-state index contributed by atoms with van der Waals surface area (Å²) in [5.41, 5.74) is 2.23. The molecule has 2 atom stereocenters. The molecule has 0 saturated carbocycles. The van der Waals surface area contributed by atoms with E-state index in [1.807, 2.05) is 18.2 Å². The van der Waals surface area contributed by atoms with Crippen molar-refractivity contribution in [2.24, 2.45) is 4.99 Å². The van der Waals surface area contributed by atoms with Crippen molar-refractivity contribution < 1.29 is 0 Å². The molecule has 2 nitrogen and oxygen atoms in total. The number of nitrogens with zero attached hydrogens (tertiary/aromatic N) is 1. The van der Waals surface area contributed by atoms with Crippen LogP contribution in [0.5, 0.6) is 0 Å². The van der Waals surface area contributed by atoms with Gasteiger partial charge in [-0.15, -0.1) is 0 Å². The van der Waals surface area contributed by atoms with Gasteiger partial charge in [-0.1, -0.05) is 36.4 Å². The Morgan fingerprint density at radius 2 is 2.18 bits per heavy atom. The smallest absolute Gasteiger partial charge is 0.161 e. The van der Waals surface area contributed by atoms with Crippen LogP contribution < -0.4 is 5.32 Å². The third kappa shape index (κ3) is 3.39. The Labute approximate surface area is 112 Å². The molecule has 1 aliphatic rings. The Kier molecular flexibility index (Phi) is 4.00. The van der Waals surface area contributed by atoms with Crippen LogP contribution in [0.15, 0.2) is 23.2 Å². The van der Waals surface area contributed by atoms with Gasteiger partial charge in [0.1, 0.15) is 0 Å². The van der Waals surface area contributed by atoms with Crippen molar-refractivity contribution in [3.8, 4) is 0 Å². The predicted molar refractivity (Wildman–Crippen MR) is 78.4 cm³/mol. The van der Waals surface area contributed by atoms with Crippen molar-refractivity contribution in [3.05, 3.63) is 28.8 Å². The summed E-state index contributed by atoms with van der Waals surface area (Å²) in [7, 11) is 0. The summed E-state index contributed by atoms with van der Waals surface area (Å²) in [4.78, 5) is 4.62. The van der Waals surface area contributed by atoms with E-state index >= 15 is 0 Å². The van der Waals surface area contributed by atoms with Gasteiger partial charge in [0, 0.05) is 16.0 Å². The minimum absolute atomic E-state index is 0.397. The normalized spacial score (nSPS) is 24.4. The lowest BCUT2D eigenvalue weighted by Crippen LogP contribution is -2.22. The van der Waals surface area contributed by atoms with Crippen LogP contribution in [-0.4, -0.2) is 16.5 Å². The van der Waals surface area contributed by atoms with E-state index in [0.29, 0.717) is 11.3 Å². The number of halogens is 1. The molecule has 0 fully saturated rings. The number of amidine groups is 1. The molecule has 2 rings (SSSR count). The van der Waals surface area contributed by atoms with Gasteiger partial charge in [0.25, 0.3) is 0 Å². The number of anilines is 1. The summed E-state index contributed by atoms with van der Waals surface area (Å²) in [5.74, 6) is 0. The molecule has 0 aromatic heterocycles. The van der Waals surface area contributed by atoms with Gasteiger partial charge in [0.05, 0.1) is 6.04 Å². The molecule has 0 aliphatic carbocycles. The molecule has 1 aliphatic heterocycles. The fraction of sp³-hybridized carbons (Fsp3) is 0.462. The topological polar surface area (TPSA) is 24.4 Å². The van der Waals surface area contributed by atoms with Crippen molar-refractivity contribution in [1.29, 1.82) is 0 Å². The van der Waals surface area contributed by atoms with E-state index in [4.69, 9.17) is 11.6 Å². The van der Waals surface area contributed by atoms with Crippen LogP contribution in [0.1, 0.15) is 25.8 Å². The third-order valence-electron chi connectivity index (χ3n) is 2.76. The highest BCUT2D eigenvalue weighted by atomic mass is 35.5. The Balaban J connectivity index is 2.18.